The second kappa shape index (κ2) is 8.70. The van der Waals surface area contributed by atoms with E-state index in [1.807, 2.05) is 11.9 Å². The molecule has 2 rings (SSSR count). The average Bonchev–Trinajstić information content (AvgIpc) is 2.48. The zero-order chi connectivity index (χ0) is 15.2. The summed E-state index contributed by atoms with van der Waals surface area (Å²) in [5.74, 6) is 0.448. The van der Waals surface area contributed by atoms with Crippen LogP contribution in [-0.2, 0) is 11.2 Å². The van der Waals surface area contributed by atoms with E-state index in [0.29, 0.717) is 11.5 Å². The number of carbonyl (C=O) groups excluding carboxylic acids is 1. The van der Waals surface area contributed by atoms with Crippen LogP contribution in [0.2, 0.25) is 0 Å². The molecule has 1 fully saturated rings. The first kappa shape index (κ1) is 18.4. The fourth-order valence-electron chi connectivity index (χ4n) is 2.86. The molecule has 7 heteroatoms. The highest BCUT2D eigenvalue weighted by atomic mass is 35.5. The SMILES string of the molecule is CNCC1CCCN(C(=O)Cc2ccccc2[N+](=O)[O-])C1.Cl. The van der Waals surface area contributed by atoms with Gasteiger partial charge in [0.1, 0.15) is 0 Å². The highest BCUT2D eigenvalue weighted by Gasteiger charge is 2.25. The molecule has 6 nitrogen and oxygen atoms in total. The molecule has 1 atom stereocenters. The third kappa shape index (κ3) is 4.68. The van der Waals surface area contributed by atoms with E-state index in [1.165, 1.54) is 6.07 Å². The Kier molecular flexibility index (Phi) is 7.27. The molecule has 0 aromatic heterocycles. The van der Waals surface area contributed by atoms with Crippen molar-refractivity contribution in [3.63, 3.8) is 0 Å². The average molecular weight is 328 g/mol. The predicted molar refractivity (Wildman–Crippen MR) is 87.3 cm³/mol. The Morgan fingerprint density at radius 2 is 2.18 bits per heavy atom. The second-order valence-electron chi connectivity index (χ2n) is 5.47. The van der Waals surface area contributed by atoms with Crippen molar-refractivity contribution in [2.45, 2.75) is 19.3 Å². The number of nitro benzene ring substituents is 1. The lowest BCUT2D eigenvalue weighted by molar-refractivity contribution is -0.385. The van der Waals surface area contributed by atoms with Gasteiger partial charge in [0.2, 0.25) is 5.91 Å². The first-order valence-corrected chi connectivity index (χ1v) is 7.26. The molecule has 122 valence electrons. The number of hydrogen-bond donors (Lipinski definition) is 1. The van der Waals surface area contributed by atoms with Gasteiger partial charge in [-0.2, -0.15) is 0 Å². The van der Waals surface area contributed by atoms with Crippen molar-refractivity contribution >= 4 is 24.0 Å². The van der Waals surface area contributed by atoms with Gasteiger partial charge in [0, 0.05) is 24.7 Å². The van der Waals surface area contributed by atoms with Crippen LogP contribution < -0.4 is 5.32 Å². The number of nitrogens with zero attached hydrogens (tertiary/aromatic N) is 2. The summed E-state index contributed by atoms with van der Waals surface area (Å²) in [7, 11) is 1.91. The number of hydrogen-bond acceptors (Lipinski definition) is 4. The number of carbonyl (C=O) groups is 1. The number of benzene rings is 1. The van der Waals surface area contributed by atoms with Crippen molar-refractivity contribution in [3.05, 3.63) is 39.9 Å². The number of halogens is 1. The molecule has 1 aromatic carbocycles. The van der Waals surface area contributed by atoms with Crippen LogP contribution in [0.4, 0.5) is 5.69 Å². The minimum atomic E-state index is -0.428. The Balaban J connectivity index is 0.00000242. The van der Waals surface area contributed by atoms with Gasteiger partial charge in [-0.05, 0) is 32.4 Å². The number of likely N-dealkylation sites (tertiary alicyclic amines) is 1. The largest absolute Gasteiger partial charge is 0.342 e. The maximum Gasteiger partial charge on any atom is 0.273 e. The molecule has 1 N–H and O–H groups in total. The smallest absolute Gasteiger partial charge is 0.273 e. The third-order valence-corrected chi connectivity index (χ3v) is 3.89. The Morgan fingerprint density at radius 1 is 1.45 bits per heavy atom. The Bertz CT molecular complexity index is 523. The lowest BCUT2D eigenvalue weighted by Gasteiger charge is -2.32. The Morgan fingerprint density at radius 3 is 2.86 bits per heavy atom. The van der Waals surface area contributed by atoms with E-state index in [2.05, 4.69) is 5.32 Å². The van der Waals surface area contributed by atoms with Crippen LogP contribution in [0.5, 0.6) is 0 Å². The van der Waals surface area contributed by atoms with Gasteiger partial charge in [0.25, 0.3) is 5.69 Å². The molecule has 0 radical (unpaired) electrons. The molecule has 0 bridgehead atoms. The van der Waals surface area contributed by atoms with Crippen molar-refractivity contribution in [2.24, 2.45) is 5.92 Å². The monoisotopic (exact) mass is 327 g/mol. The van der Waals surface area contributed by atoms with Crippen LogP contribution >= 0.6 is 12.4 Å². The second-order valence-corrected chi connectivity index (χ2v) is 5.47. The lowest BCUT2D eigenvalue weighted by Crippen LogP contribution is -2.43. The first-order chi connectivity index (χ1) is 10.1. The van der Waals surface area contributed by atoms with E-state index in [-0.39, 0.29) is 30.4 Å². The summed E-state index contributed by atoms with van der Waals surface area (Å²) in [6.45, 7) is 2.38. The molecule has 0 spiro atoms. The van der Waals surface area contributed by atoms with Gasteiger partial charge in [-0.25, -0.2) is 0 Å². The van der Waals surface area contributed by atoms with Crippen LogP contribution in [-0.4, -0.2) is 42.4 Å². The van der Waals surface area contributed by atoms with E-state index in [0.717, 1.165) is 32.5 Å². The van der Waals surface area contributed by atoms with Crippen LogP contribution in [0.1, 0.15) is 18.4 Å². The van der Waals surface area contributed by atoms with Crippen LogP contribution in [0, 0.1) is 16.0 Å². The number of piperidine rings is 1. The van der Waals surface area contributed by atoms with Gasteiger partial charge in [-0.1, -0.05) is 18.2 Å². The number of nitrogens with one attached hydrogen (secondary N) is 1. The molecule has 0 saturated carbocycles. The molecule has 0 aliphatic carbocycles. The molecular weight excluding hydrogens is 306 g/mol. The molecule has 1 aliphatic rings. The van der Waals surface area contributed by atoms with Gasteiger partial charge < -0.3 is 10.2 Å². The quantitative estimate of drug-likeness (QED) is 0.663. The number of para-hydroxylation sites is 1. The molecule has 1 aromatic rings. The van der Waals surface area contributed by atoms with E-state index in [4.69, 9.17) is 0 Å². The van der Waals surface area contributed by atoms with Crippen LogP contribution in [0.3, 0.4) is 0 Å². The summed E-state index contributed by atoms with van der Waals surface area (Å²) in [4.78, 5) is 24.8. The molecule has 22 heavy (non-hydrogen) atoms. The molecule has 1 aliphatic heterocycles. The van der Waals surface area contributed by atoms with Crippen molar-refractivity contribution in [3.8, 4) is 0 Å². The van der Waals surface area contributed by atoms with Crippen molar-refractivity contribution in [2.75, 3.05) is 26.7 Å². The van der Waals surface area contributed by atoms with Crippen LogP contribution in [0.25, 0.3) is 0 Å². The highest BCUT2D eigenvalue weighted by molar-refractivity contribution is 5.85. The fourth-order valence-corrected chi connectivity index (χ4v) is 2.86. The maximum atomic E-state index is 12.4. The van der Waals surface area contributed by atoms with Gasteiger partial charge in [0.05, 0.1) is 11.3 Å². The van der Waals surface area contributed by atoms with Gasteiger partial charge in [-0.3, -0.25) is 14.9 Å². The summed E-state index contributed by atoms with van der Waals surface area (Å²) < 4.78 is 0. The molecule has 1 heterocycles. The minimum Gasteiger partial charge on any atom is -0.342 e. The van der Waals surface area contributed by atoms with Crippen molar-refractivity contribution in [1.82, 2.24) is 10.2 Å². The van der Waals surface area contributed by atoms with Gasteiger partial charge in [-0.15, -0.1) is 12.4 Å². The highest BCUT2D eigenvalue weighted by Crippen LogP contribution is 2.21. The van der Waals surface area contributed by atoms with E-state index >= 15 is 0 Å². The van der Waals surface area contributed by atoms with E-state index < -0.39 is 4.92 Å². The summed E-state index contributed by atoms with van der Waals surface area (Å²) in [6.07, 6.45) is 2.22. The first-order valence-electron chi connectivity index (χ1n) is 7.26. The molecule has 1 amide bonds. The summed E-state index contributed by atoms with van der Waals surface area (Å²) in [6, 6.07) is 6.46. The van der Waals surface area contributed by atoms with Gasteiger partial charge >= 0.3 is 0 Å². The zero-order valence-corrected chi connectivity index (χ0v) is 13.5. The fraction of sp³-hybridized carbons (Fsp3) is 0.533. The van der Waals surface area contributed by atoms with E-state index in [1.54, 1.807) is 18.2 Å². The maximum absolute atomic E-state index is 12.4. The molecule has 1 saturated heterocycles. The molecule has 1 unspecified atom stereocenters. The van der Waals surface area contributed by atoms with Gasteiger partial charge in [0.15, 0.2) is 0 Å². The predicted octanol–water partition coefficient (Wildman–Crippen LogP) is 2.02. The summed E-state index contributed by atoms with van der Waals surface area (Å²) >= 11 is 0. The summed E-state index contributed by atoms with van der Waals surface area (Å²) in [5.41, 5.74) is 0.512. The number of amides is 1. The minimum absolute atomic E-state index is 0. The molecular formula is C15H22ClN3O3. The van der Waals surface area contributed by atoms with Crippen LogP contribution in [0.15, 0.2) is 24.3 Å². The third-order valence-electron chi connectivity index (χ3n) is 3.89. The topological polar surface area (TPSA) is 75.5 Å². The van der Waals surface area contributed by atoms with E-state index in [9.17, 15) is 14.9 Å². The summed E-state index contributed by atoms with van der Waals surface area (Å²) in [5, 5.41) is 14.1. The number of rotatable bonds is 5. The van der Waals surface area contributed by atoms with Crippen molar-refractivity contribution in [1.29, 1.82) is 0 Å². The van der Waals surface area contributed by atoms with Crippen molar-refractivity contribution < 1.29 is 9.72 Å². The number of nitro groups is 1. The Labute approximate surface area is 136 Å². The lowest BCUT2D eigenvalue weighted by atomic mass is 9.97. The zero-order valence-electron chi connectivity index (χ0n) is 12.7. The standard InChI is InChI=1S/C15H21N3O3.ClH/c1-16-10-12-5-4-8-17(11-12)15(19)9-13-6-2-3-7-14(13)18(20)21;/h2-3,6-7,12,16H,4-5,8-11H2,1H3;1H. The Hall–Kier alpha value is -1.66. The normalized spacial score (nSPS) is 17.7.